The molecule has 26 heavy (non-hydrogen) atoms. The highest BCUT2D eigenvalue weighted by Gasteiger charge is 2.74. The van der Waals surface area contributed by atoms with Crippen LogP contribution in [0.1, 0.15) is 83.1 Å². The molecule has 0 bridgehead atoms. The van der Waals surface area contributed by atoms with E-state index >= 15 is 0 Å². The zero-order chi connectivity index (χ0) is 20.7. The zero-order valence-electron chi connectivity index (χ0n) is 19.3. The van der Waals surface area contributed by atoms with E-state index in [1.807, 2.05) is 0 Å². The lowest BCUT2D eigenvalue weighted by Crippen LogP contribution is -2.63. The Hall–Kier alpha value is -0.620. The molecule has 148 valence electrons. The van der Waals surface area contributed by atoms with Crippen molar-refractivity contribution < 1.29 is 9.53 Å². The van der Waals surface area contributed by atoms with E-state index in [1.165, 1.54) is 18.0 Å². The molecule has 0 radical (unpaired) electrons. The van der Waals surface area contributed by atoms with E-state index in [9.17, 15) is 4.79 Å². The second-order valence-electron chi connectivity index (χ2n) is 12.0. The predicted octanol–water partition coefficient (Wildman–Crippen LogP) is 7.10. The van der Waals surface area contributed by atoms with Gasteiger partial charge < -0.3 is 4.74 Å². The van der Waals surface area contributed by atoms with Crippen LogP contribution in [0.15, 0.2) is 21.8 Å². The molecular weight excluding hydrogens is 339 g/mol. The third-order valence-electron chi connectivity index (χ3n) is 5.63. The van der Waals surface area contributed by atoms with E-state index in [2.05, 4.69) is 83.1 Å². The molecule has 2 rings (SSSR count). The summed E-state index contributed by atoms with van der Waals surface area (Å²) in [5.41, 5.74) is 2.55. The van der Waals surface area contributed by atoms with Crippen molar-refractivity contribution in [1.82, 2.24) is 0 Å². The third kappa shape index (κ3) is 2.66. The molecule has 0 saturated carbocycles. The zero-order valence-corrected chi connectivity index (χ0v) is 20.2. The fourth-order valence-corrected chi connectivity index (χ4v) is 9.89. The van der Waals surface area contributed by atoms with Crippen LogP contribution in [0.2, 0.25) is 0 Å². The minimum Gasteiger partial charge on any atom is -0.466 e. The van der Waals surface area contributed by atoms with Crippen molar-refractivity contribution in [1.29, 1.82) is 0 Å². The number of methoxy groups -OCH3 is 1. The normalized spacial score (nSPS) is 27.0. The topological polar surface area (TPSA) is 26.3 Å². The summed E-state index contributed by atoms with van der Waals surface area (Å²) in [4.78, 5) is 13.0. The van der Waals surface area contributed by atoms with E-state index in [0.717, 1.165) is 5.57 Å². The van der Waals surface area contributed by atoms with Crippen molar-refractivity contribution in [2.45, 2.75) is 88.2 Å². The number of allylic oxidation sites excluding steroid dienone is 3. The molecule has 2 aliphatic rings. The van der Waals surface area contributed by atoms with Gasteiger partial charge in [-0.2, -0.15) is 0 Å². The Kier molecular flexibility index (Phi) is 4.75. The molecule has 0 N–H and O–H groups in total. The molecule has 2 atom stereocenters. The number of fused-ring (bicyclic) bond motifs is 1. The van der Waals surface area contributed by atoms with Gasteiger partial charge in [0.2, 0.25) is 0 Å². The van der Waals surface area contributed by atoms with Crippen molar-refractivity contribution in [3.8, 4) is 0 Å². The highest BCUT2D eigenvalue weighted by Crippen LogP contribution is 2.93. The highest BCUT2D eigenvalue weighted by atomic mass is 31.1. The summed E-state index contributed by atoms with van der Waals surface area (Å²) in [6.45, 7) is 27.6. The van der Waals surface area contributed by atoms with Gasteiger partial charge in [-0.1, -0.05) is 83.1 Å². The first-order valence-corrected chi connectivity index (χ1v) is 11.1. The molecular formula is C23H39O2P. The van der Waals surface area contributed by atoms with Crippen molar-refractivity contribution in [2.75, 3.05) is 7.11 Å². The molecule has 3 heteroatoms. The standard InChI is InChI=1S/C23H39O2P/c1-19(2,3)15-17(21(7,8)9)26-16(20(4,5)6)14(18(24)25-13)23(15,26)22(10,11)12/h1-13H3. The minimum absolute atomic E-state index is 0.0195. The molecule has 0 fully saturated rings. The van der Waals surface area contributed by atoms with Gasteiger partial charge in [-0.3, -0.25) is 0 Å². The smallest absolute Gasteiger partial charge is 0.335 e. The summed E-state index contributed by atoms with van der Waals surface area (Å²) in [5.74, 6) is -0.127. The number of esters is 1. The van der Waals surface area contributed by atoms with Crippen LogP contribution in [0.25, 0.3) is 0 Å². The molecule has 2 nitrogen and oxygen atoms in total. The van der Waals surface area contributed by atoms with Crippen LogP contribution in [-0.2, 0) is 9.53 Å². The summed E-state index contributed by atoms with van der Waals surface area (Å²) in [7, 11) is 1.03. The van der Waals surface area contributed by atoms with Crippen LogP contribution in [-0.4, -0.2) is 18.2 Å². The van der Waals surface area contributed by atoms with Gasteiger partial charge in [0, 0.05) is 0 Å². The maximum atomic E-state index is 13.0. The second-order valence-corrected chi connectivity index (χ2v) is 14.2. The average molecular weight is 379 g/mol. The first-order valence-electron chi connectivity index (χ1n) is 9.74. The van der Waals surface area contributed by atoms with Crippen molar-refractivity contribution in [3.05, 3.63) is 21.8 Å². The molecule has 0 aromatic carbocycles. The van der Waals surface area contributed by atoms with Crippen LogP contribution in [0.5, 0.6) is 0 Å². The van der Waals surface area contributed by atoms with Gasteiger partial charge >= 0.3 is 5.97 Å². The minimum atomic E-state index is -0.496. The number of ether oxygens (including phenoxy) is 1. The van der Waals surface area contributed by atoms with Gasteiger partial charge in [0.05, 0.1) is 17.8 Å². The molecule has 2 aliphatic heterocycles. The molecule has 0 aliphatic carbocycles. The van der Waals surface area contributed by atoms with Crippen molar-refractivity contribution in [3.63, 3.8) is 0 Å². The highest BCUT2D eigenvalue weighted by molar-refractivity contribution is 7.72. The molecule has 0 saturated heterocycles. The van der Waals surface area contributed by atoms with E-state index < -0.39 is 7.92 Å². The predicted molar refractivity (Wildman–Crippen MR) is 114 cm³/mol. The van der Waals surface area contributed by atoms with Crippen LogP contribution in [0.3, 0.4) is 0 Å². The summed E-state index contributed by atoms with van der Waals surface area (Å²) in [5, 5.41) is 2.80. The Bertz CT molecular complexity index is 696. The van der Waals surface area contributed by atoms with Gasteiger partial charge in [0.15, 0.2) is 0 Å². The average Bonchev–Trinajstić information content (AvgIpc) is 2.32. The van der Waals surface area contributed by atoms with Crippen LogP contribution < -0.4 is 0 Å². The van der Waals surface area contributed by atoms with E-state index in [4.69, 9.17) is 4.74 Å². The second kappa shape index (κ2) is 5.69. The van der Waals surface area contributed by atoms with E-state index in [1.54, 1.807) is 5.31 Å². The van der Waals surface area contributed by atoms with Gasteiger partial charge in [-0.25, -0.2) is 4.79 Å². The Morgan fingerprint density at radius 3 is 1.46 bits per heavy atom. The molecule has 0 amide bonds. The number of hydrogen-bond donors (Lipinski definition) is 0. The van der Waals surface area contributed by atoms with Gasteiger partial charge in [0.1, 0.15) is 0 Å². The van der Waals surface area contributed by atoms with Crippen molar-refractivity contribution in [2.24, 2.45) is 21.7 Å². The fourth-order valence-electron chi connectivity index (χ4n) is 5.01. The van der Waals surface area contributed by atoms with Crippen LogP contribution in [0, 0.1) is 21.7 Å². The Morgan fingerprint density at radius 1 is 0.769 bits per heavy atom. The molecule has 2 heterocycles. The number of carbonyl (C=O) groups excluding carboxylic acids is 1. The molecule has 2 unspecified atom stereocenters. The van der Waals surface area contributed by atoms with Crippen LogP contribution in [0.4, 0.5) is 0 Å². The van der Waals surface area contributed by atoms with Crippen LogP contribution >= 0.6 is 7.92 Å². The summed E-state index contributed by atoms with van der Waals surface area (Å²) in [6.07, 6.45) is 0. The summed E-state index contributed by atoms with van der Waals surface area (Å²) in [6, 6.07) is 0. The number of rotatable bonds is 1. The Balaban J connectivity index is 2.95. The monoisotopic (exact) mass is 378 g/mol. The molecule has 0 spiro atoms. The number of carbonyl (C=O) groups is 1. The molecule has 0 aromatic heterocycles. The maximum absolute atomic E-state index is 13.0. The fraction of sp³-hybridized carbons (Fsp3) is 0.783. The van der Waals surface area contributed by atoms with Gasteiger partial charge in [0.25, 0.3) is 0 Å². The van der Waals surface area contributed by atoms with E-state index in [0.29, 0.717) is 0 Å². The number of hydrogen-bond acceptors (Lipinski definition) is 2. The first kappa shape index (κ1) is 21.7. The lowest BCUT2D eigenvalue weighted by molar-refractivity contribution is -0.137. The Morgan fingerprint density at radius 2 is 1.19 bits per heavy atom. The van der Waals surface area contributed by atoms with Gasteiger partial charge in [-0.05, 0) is 45.8 Å². The Labute approximate surface area is 162 Å². The lowest BCUT2D eigenvalue weighted by atomic mass is 9.60. The summed E-state index contributed by atoms with van der Waals surface area (Å²) >= 11 is 0. The summed E-state index contributed by atoms with van der Waals surface area (Å²) < 4.78 is 5.33. The third-order valence-corrected chi connectivity index (χ3v) is 10.1. The van der Waals surface area contributed by atoms with E-state index in [-0.39, 0.29) is 32.8 Å². The maximum Gasteiger partial charge on any atom is 0.335 e. The molecule has 0 aromatic rings. The van der Waals surface area contributed by atoms with Crippen molar-refractivity contribution >= 4 is 13.9 Å². The quantitative estimate of drug-likeness (QED) is 0.359. The van der Waals surface area contributed by atoms with Gasteiger partial charge in [-0.15, -0.1) is 0 Å². The largest absolute Gasteiger partial charge is 0.466 e. The first-order chi connectivity index (χ1) is 11.3. The SMILES string of the molecule is COC(=O)C1=C(C(C)(C)C)P2C(C(C)(C)C)=C(C(C)(C)C)C12C(C)(C)C. The lowest BCUT2D eigenvalue weighted by Gasteiger charge is -2.73.